The summed E-state index contributed by atoms with van der Waals surface area (Å²) in [6.07, 6.45) is -7.13. The highest BCUT2D eigenvalue weighted by Crippen LogP contribution is 2.41. The fourth-order valence-corrected chi connectivity index (χ4v) is 3.08. The van der Waals surface area contributed by atoms with E-state index in [0.29, 0.717) is 50.8 Å². The van der Waals surface area contributed by atoms with Crippen LogP contribution in [-0.2, 0) is 12.4 Å². The monoisotopic (exact) mass is 438 g/mol. The smallest absolute Gasteiger partial charge is 0.314 e. The van der Waals surface area contributed by atoms with Gasteiger partial charge in [0, 0.05) is 32.2 Å². The van der Waals surface area contributed by atoms with E-state index >= 15 is 0 Å². The van der Waals surface area contributed by atoms with Gasteiger partial charge in [-0.3, -0.25) is 4.90 Å². The Hall–Kier alpha value is -0.960. The Bertz CT molecular complexity index is 598. The number of benzene rings is 1. The van der Waals surface area contributed by atoms with E-state index in [9.17, 15) is 26.3 Å². The van der Waals surface area contributed by atoms with Gasteiger partial charge in [0.15, 0.2) is 0 Å². The van der Waals surface area contributed by atoms with Crippen molar-refractivity contribution in [2.24, 2.45) is 0 Å². The Labute approximate surface area is 166 Å². The Balaban J connectivity index is 0.00000338. The summed E-state index contributed by atoms with van der Waals surface area (Å²) in [7, 11) is 0. The van der Waals surface area contributed by atoms with Crippen LogP contribution in [-0.4, -0.2) is 31.1 Å². The lowest BCUT2D eigenvalue weighted by Gasteiger charge is -2.36. The summed E-state index contributed by atoms with van der Waals surface area (Å²) in [4.78, 5) is 1.81. The van der Waals surface area contributed by atoms with Crippen molar-refractivity contribution in [3.05, 3.63) is 47.5 Å². The first kappa shape index (κ1) is 26.0. The van der Waals surface area contributed by atoms with Crippen LogP contribution in [0, 0.1) is 0 Å². The van der Waals surface area contributed by atoms with Gasteiger partial charge in [-0.05, 0) is 36.6 Å². The van der Waals surface area contributed by atoms with Gasteiger partial charge in [0.25, 0.3) is 0 Å². The Morgan fingerprint density at radius 3 is 2.11 bits per heavy atom. The van der Waals surface area contributed by atoms with Crippen LogP contribution in [0.25, 0.3) is 0 Å². The van der Waals surface area contributed by atoms with E-state index < -0.39 is 29.5 Å². The van der Waals surface area contributed by atoms with Crippen molar-refractivity contribution in [1.82, 2.24) is 10.2 Å². The Kier molecular flexibility index (Phi) is 10.2. The van der Waals surface area contributed by atoms with Gasteiger partial charge in [-0.25, -0.2) is 0 Å². The maximum atomic E-state index is 13.4. The largest absolute Gasteiger partial charge is 0.416 e. The molecule has 0 spiro atoms. The number of nitrogens with one attached hydrogen (secondary N) is 1. The van der Waals surface area contributed by atoms with Gasteiger partial charge in [-0.15, -0.1) is 31.4 Å². The minimum absolute atomic E-state index is 0. The van der Waals surface area contributed by atoms with Crippen LogP contribution in [0.2, 0.25) is 0 Å². The lowest BCUT2D eigenvalue weighted by atomic mass is 9.92. The van der Waals surface area contributed by atoms with Gasteiger partial charge in [0.05, 0.1) is 11.1 Å². The van der Waals surface area contributed by atoms with E-state index in [1.165, 1.54) is 0 Å². The van der Waals surface area contributed by atoms with Crippen molar-refractivity contribution in [3.63, 3.8) is 0 Å². The fourth-order valence-electron chi connectivity index (χ4n) is 3.08. The van der Waals surface area contributed by atoms with Gasteiger partial charge in [0.1, 0.15) is 0 Å². The molecule has 1 N–H and O–H groups in total. The summed E-state index contributed by atoms with van der Waals surface area (Å²) in [5.41, 5.74) is -2.38. The molecule has 0 aromatic heterocycles. The SMILES string of the molecule is C=CCC[C@H](c1cc(C(F)(F)F)ccc1C(F)(F)F)N1CCNCC1.Cl.Cl. The van der Waals surface area contributed by atoms with Gasteiger partial charge >= 0.3 is 12.4 Å². The predicted octanol–water partition coefficient (Wildman–Crippen LogP) is 5.48. The van der Waals surface area contributed by atoms with Crippen LogP contribution in [0.5, 0.6) is 0 Å². The number of nitrogens with zero attached hydrogens (tertiary/aromatic N) is 1. The van der Waals surface area contributed by atoms with Crippen molar-refractivity contribution in [2.75, 3.05) is 26.2 Å². The van der Waals surface area contributed by atoms with Crippen LogP contribution in [0.3, 0.4) is 0 Å². The lowest BCUT2D eigenvalue weighted by Crippen LogP contribution is -2.45. The highest BCUT2D eigenvalue weighted by atomic mass is 35.5. The van der Waals surface area contributed by atoms with Crippen LogP contribution < -0.4 is 5.32 Å². The zero-order valence-corrected chi connectivity index (χ0v) is 16.0. The van der Waals surface area contributed by atoms with Crippen LogP contribution in [0.1, 0.15) is 35.6 Å². The van der Waals surface area contributed by atoms with E-state index in [2.05, 4.69) is 11.9 Å². The predicted molar refractivity (Wildman–Crippen MR) is 97.6 cm³/mol. The highest BCUT2D eigenvalue weighted by molar-refractivity contribution is 5.85. The molecule has 1 fully saturated rings. The summed E-state index contributed by atoms with van der Waals surface area (Å²) >= 11 is 0. The van der Waals surface area contributed by atoms with Crippen molar-refractivity contribution >= 4 is 24.8 Å². The van der Waals surface area contributed by atoms with Crippen molar-refractivity contribution in [3.8, 4) is 0 Å². The first-order valence-corrected chi connectivity index (χ1v) is 7.98. The average molecular weight is 439 g/mol. The molecule has 0 bridgehead atoms. The molecular formula is C17H22Cl2F6N2. The number of allylic oxidation sites excluding steroid dienone is 1. The third-order valence-electron chi connectivity index (χ3n) is 4.28. The number of alkyl halides is 6. The van der Waals surface area contributed by atoms with Crippen molar-refractivity contribution in [2.45, 2.75) is 31.2 Å². The summed E-state index contributed by atoms with van der Waals surface area (Å²) < 4.78 is 79.3. The zero-order chi connectivity index (χ0) is 18.7. The third kappa shape index (κ3) is 6.85. The molecule has 2 nitrogen and oxygen atoms in total. The number of piperazine rings is 1. The molecule has 0 amide bonds. The summed E-state index contributed by atoms with van der Waals surface area (Å²) in [5, 5.41) is 3.09. The second-order valence-electron chi connectivity index (χ2n) is 5.97. The molecule has 0 aliphatic carbocycles. The van der Waals surface area contributed by atoms with E-state index in [4.69, 9.17) is 0 Å². The minimum Gasteiger partial charge on any atom is -0.314 e. The molecule has 1 atom stereocenters. The van der Waals surface area contributed by atoms with Gasteiger partial charge < -0.3 is 5.32 Å². The molecule has 0 saturated carbocycles. The molecule has 10 heteroatoms. The maximum absolute atomic E-state index is 13.4. The molecule has 2 rings (SSSR count). The Morgan fingerprint density at radius 1 is 1.04 bits per heavy atom. The first-order chi connectivity index (χ1) is 11.6. The highest BCUT2D eigenvalue weighted by Gasteiger charge is 2.39. The van der Waals surface area contributed by atoms with Gasteiger partial charge in [-0.1, -0.05) is 6.08 Å². The first-order valence-electron chi connectivity index (χ1n) is 7.98. The summed E-state index contributed by atoms with van der Waals surface area (Å²) in [5.74, 6) is 0. The second kappa shape index (κ2) is 10.5. The van der Waals surface area contributed by atoms with E-state index in [1.807, 2.05) is 4.90 Å². The van der Waals surface area contributed by atoms with Crippen LogP contribution in [0.15, 0.2) is 30.9 Å². The van der Waals surface area contributed by atoms with Crippen LogP contribution in [0.4, 0.5) is 26.3 Å². The molecule has 1 aliphatic rings. The Morgan fingerprint density at radius 2 is 1.63 bits per heavy atom. The molecular weight excluding hydrogens is 417 g/mol. The average Bonchev–Trinajstić information content (AvgIpc) is 2.54. The summed E-state index contributed by atoms with van der Waals surface area (Å²) in [6.45, 7) is 5.71. The zero-order valence-electron chi connectivity index (χ0n) is 14.4. The van der Waals surface area contributed by atoms with Gasteiger partial charge in [-0.2, -0.15) is 26.3 Å². The van der Waals surface area contributed by atoms with Crippen molar-refractivity contribution in [1.29, 1.82) is 0 Å². The van der Waals surface area contributed by atoms with E-state index in [-0.39, 0.29) is 36.8 Å². The molecule has 1 heterocycles. The topological polar surface area (TPSA) is 15.3 Å². The molecule has 0 radical (unpaired) electrons. The molecule has 0 unspecified atom stereocenters. The molecule has 156 valence electrons. The minimum atomic E-state index is -4.71. The molecule has 1 aromatic carbocycles. The second-order valence-corrected chi connectivity index (χ2v) is 5.97. The van der Waals surface area contributed by atoms with Crippen molar-refractivity contribution < 1.29 is 26.3 Å². The third-order valence-corrected chi connectivity index (χ3v) is 4.28. The molecule has 1 aliphatic heterocycles. The summed E-state index contributed by atoms with van der Waals surface area (Å²) in [6, 6.07) is 0.952. The number of hydrogen-bond acceptors (Lipinski definition) is 2. The standard InChI is InChI=1S/C17H20F6N2.2ClH/c1-2-3-4-15(25-9-7-24-8-10-25)13-11-12(16(18,19)20)5-6-14(13)17(21,22)23;;/h2,5-6,11,15,24H,1,3-4,7-10H2;2*1H/t15-;;/m1../s1. The quantitative estimate of drug-likeness (QED) is 0.483. The number of rotatable bonds is 5. The van der Waals surface area contributed by atoms with Gasteiger partial charge in [0.2, 0.25) is 0 Å². The molecule has 1 aromatic rings. The number of hydrogen-bond donors (Lipinski definition) is 1. The number of halogens is 8. The maximum Gasteiger partial charge on any atom is 0.416 e. The van der Waals surface area contributed by atoms with Crippen LogP contribution >= 0.6 is 24.8 Å². The molecule has 1 saturated heterocycles. The normalized spacial score (nSPS) is 16.8. The fraction of sp³-hybridized carbons (Fsp3) is 0.529. The molecule has 27 heavy (non-hydrogen) atoms. The lowest BCUT2D eigenvalue weighted by molar-refractivity contribution is -0.142. The van der Waals surface area contributed by atoms with E-state index in [0.717, 1.165) is 0 Å². The van der Waals surface area contributed by atoms with E-state index in [1.54, 1.807) is 6.08 Å².